The summed E-state index contributed by atoms with van der Waals surface area (Å²) in [6.45, 7) is 2.25. The average Bonchev–Trinajstić information content (AvgIpc) is 2.46. The van der Waals surface area contributed by atoms with Crippen molar-refractivity contribution in [3.8, 4) is 0 Å². The van der Waals surface area contributed by atoms with Gasteiger partial charge < -0.3 is 16.0 Å². The first-order valence-electron chi connectivity index (χ1n) is 6.61. The summed E-state index contributed by atoms with van der Waals surface area (Å²) in [6, 6.07) is 6.10. The predicted molar refractivity (Wildman–Crippen MR) is 81.0 cm³/mol. The first-order chi connectivity index (χ1) is 9.17. The highest BCUT2D eigenvalue weighted by Gasteiger charge is 2.26. The van der Waals surface area contributed by atoms with Crippen molar-refractivity contribution in [2.24, 2.45) is 11.7 Å². The van der Waals surface area contributed by atoms with Crippen molar-refractivity contribution in [1.82, 2.24) is 5.32 Å². The third-order valence-corrected chi connectivity index (χ3v) is 4.42. The lowest BCUT2D eigenvalue weighted by molar-refractivity contribution is -0.124. The number of nitrogens with one attached hydrogen (secondary N) is 1. The van der Waals surface area contributed by atoms with Crippen molar-refractivity contribution in [3.63, 3.8) is 0 Å². The van der Waals surface area contributed by atoms with E-state index in [1.165, 1.54) is 0 Å². The molecule has 1 unspecified atom stereocenters. The van der Waals surface area contributed by atoms with Crippen LogP contribution in [0, 0.1) is 5.92 Å². The molecule has 0 aliphatic carbocycles. The summed E-state index contributed by atoms with van der Waals surface area (Å²) >= 11 is 3.55. The Labute approximate surface area is 122 Å². The maximum absolute atomic E-state index is 11.8. The van der Waals surface area contributed by atoms with Crippen molar-refractivity contribution in [1.29, 1.82) is 0 Å². The zero-order chi connectivity index (χ0) is 13.8. The number of hydrogen-bond donors (Lipinski definition) is 2. The van der Waals surface area contributed by atoms with Gasteiger partial charge in [0.1, 0.15) is 0 Å². The quantitative estimate of drug-likeness (QED) is 0.892. The van der Waals surface area contributed by atoms with Crippen molar-refractivity contribution >= 4 is 27.5 Å². The molecule has 1 fully saturated rings. The highest BCUT2D eigenvalue weighted by molar-refractivity contribution is 9.10. The van der Waals surface area contributed by atoms with E-state index >= 15 is 0 Å². The third-order valence-electron chi connectivity index (χ3n) is 3.68. The molecular weight excluding hydrogens is 306 g/mol. The zero-order valence-electron chi connectivity index (χ0n) is 11.2. The molecule has 1 amide bonds. The summed E-state index contributed by atoms with van der Waals surface area (Å²) in [7, 11) is 1.70. The molecular formula is C14H20BrN3O. The van der Waals surface area contributed by atoms with Gasteiger partial charge in [0, 0.05) is 42.4 Å². The van der Waals surface area contributed by atoms with Crippen LogP contribution < -0.4 is 16.0 Å². The molecule has 0 radical (unpaired) electrons. The van der Waals surface area contributed by atoms with Gasteiger partial charge in [-0.25, -0.2) is 0 Å². The standard InChI is InChI=1S/C14H20BrN3O/c1-17-14(19)10-4-3-7-18(9-10)13-6-2-5-12(15)11(13)8-16/h2,5-6,10H,3-4,7-9,16H2,1H3,(H,17,19). The summed E-state index contributed by atoms with van der Waals surface area (Å²) < 4.78 is 1.04. The van der Waals surface area contributed by atoms with E-state index in [-0.39, 0.29) is 11.8 Å². The summed E-state index contributed by atoms with van der Waals surface area (Å²) in [5.41, 5.74) is 8.10. The second-order valence-electron chi connectivity index (χ2n) is 4.84. The maximum atomic E-state index is 11.8. The third kappa shape index (κ3) is 3.09. The smallest absolute Gasteiger partial charge is 0.224 e. The minimum Gasteiger partial charge on any atom is -0.370 e. The molecule has 0 saturated carbocycles. The van der Waals surface area contributed by atoms with Crippen LogP contribution in [-0.2, 0) is 11.3 Å². The molecule has 0 bridgehead atoms. The molecule has 1 aromatic rings. The summed E-state index contributed by atoms with van der Waals surface area (Å²) in [5.74, 6) is 0.206. The second kappa shape index (κ2) is 6.39. The monoisotopic (exact) mass is 325 g/mol. The van der Waals surface area contributed by atoms with Gasteiger partial charge in [-0.05, 0) is 25.0 Å². The van der Waals surface area contributed by atoms with Crippen molar-refractivity contribution < 1.29 is 4.79 Å². The van der Waals surface area contributed by atoms with Crippen LogP contribution in [0.4, 0.5) is 5.69 Å². The Morgan fingerprint density at radius 1 is 1.58 bits per heavy atom. The normalized spacial score (nSPS) is 19.3. The molecule has 1 heterocycles. The topological polar surface area (TPSA) is 58.4 Å². The first kappa shape index (κ1) is 14.3. The number of rotatable bonds is 3. The van der Waals surface area contributed by atoms with Crippen LogP contribution in [0.3, 0.4) is 0 Å². The number of piperidine rings is 1. The van der Waals surface area contributed by atoms with Crippen LogP contribution in [0.15, 0.2) is 22.7 Å². The van der Waals surface area contributed by atoms with Crippen molar-refractivity contribution in [2.75, 3.05) is 25.0 Å². The van der Waals surface area contributed by atoms with E-state index in [0.29, 0.717) is 6.54 Å². The molecule has 19 heavy (non-hydrogen) atoms. The summed E-state index contributed by atoms with van der Waals surface area (Å²) in [5, 5.41) is 2.75. The molecule has 0 aromatic heterocycles. The molecule has 1 aliphatic heterocycles. The Bertz CT molecular complexity index is 464. The first-order valence-corrected chi connectivity index (χ1v) is 7.40. The highest BCUT2D eigenvalue weighted by atomic mass is 79.9. The van der Waals surface area contributed by atoms with Gasteiger partial charge in [-0.2, -0.15) is 0 Å². The van der Waals surface area contributed by atoms with Crippen LogP contribution in [0.1, 0.15) is 18.4 Å². The van der Waals surface area contributed by atoms with Gasteiger partial charge in [-0.15, -0.1) is 0 Å². The van der Waals surface area contributed by atoms with E-state index in [2.05, 4.69) is 32.2 Å². The van der Waals surface area contributed by atoms with Gasteiger partial charge in [-0.1, -0.05) is 22.0 Å². The molecule has 5 heteroatoms. The van der Waals surface area contributed by atoms with Gasteiger partial charge in [0.15, 0.2) is 0 Å². The molecule has 1 aromatic carbocycles. The Balaban J connectivity index is 2.22. The molecule has 0 spiro atoms. The van der Waals surface area contributed by atoms with E-state index < -0.39 is 0 Å². The Kier molecular flexibility index (Phi) is 4.82. The van der Waals surface area contributed by atoms with Gasteiger partial charge in [-0.3, -0.25) is 4.79 Å². The number of carbonyl (C=O) groups is 1. The van der Waals surface area contributed by atoms with E-state index in [1.54, 1.807) is 7.05 Å². The Morgan fingerprint density at radius 3 is 3.05 bits per heavy atom. The average molecular weight is 326 g/mol. The number of halogens is 1. The van der Waals surface area contributed by atoms with E-state index in [1.807, 2.05) is 12.1 Å². The molecule has 1 atom stereocenters. The fraction of sp³-hybridized carbons (Fsp3) is 0.500. The minimum atomic E-state index is 0.0726. The van der Waals surface area contributed by atoms with Crippen LogP contribution in [-0.4, -0.2) is 26.0 Å². The second-order valence-corrected chi connectivity index (χ2v) is 5.70. The molecule has 104 valence electrons. The van der Waals surface area contributed by atoms with Crippen LogP contribution in [0.5, 0.6) is 0 Å². The number of amides is 1. The van der Waals surface area contributed by atoms with E-state index in [9.17, 15) is 4.79 Å². The number of nitrogens with zero attached hydrogens (tertiary/aromatic N) is 1. The summed E-state index contributed by atoms with van der Waals surface area (Å²) in [6.07, 6.45) is 2.00. The molecule has 2 rings (SSSR count). The van der Waals surface area contributed by atoms with Gasteiger partial charge in [0.2, 0.25) is 5.91 Å². The lowest BCUT2D eigenvalue weighted by Crippen LogP contribution is -2.42. The predicted octanol–water partition coefficient (Wildman–Crippen LogP) is 1.87. The zero-order valence-corrected chi connectivity index (χ0v) is 12.7. The summed E-state index contributed by atoms with van der Waals surface area (Å²) in [4.78, 5) is 14.1. The number of hydrogen-bond acceptors (Lipinski definition) is 3. The van der Waals surface area contributed by atoms with Crippen molar-refractivity contribution in [3.05, 3.63) is 28.2 Å². The van der Waals surface area contributed by atoms with Gasteiger partial charge in [0.05, 0.1) is 5.92 Å². The SMILES string of the molecule is CNC(=O)C1CCCN(c2cccc(Br)c2CN)C1. The van der Waals surface area contributed by atoms with Crippen LogP contribution >= 0.6 is 15.9 Å². The van der Waals surface area contributed by atoms with Crippen LogP contribution in [0.2, 0.25) is 0 Å². The van der Waals surface area contributed by atoms with Crippen LogP contribution in [0.25, 0.3) is 0 Å². The van der Waals surface area contributed by atoms with Gasteiger partial charge in [0.25, 0.3) is 0 Å². The number of carbonyl (C=O) groups excluding carboxylic acids is 1. The lowest BCUT2D eigenvalue weighted by Gasteiger charge is -2.35. The number of nitrogens with two attached hydrogens (primary N) is 1. The molecule has 3 N–H and O–H groups in total. The fourth-order valence-electron chi connectivity index (χ4n) is 2.66. The lowest BCUT2D eigenvalue weighted by atomic mass is 9.96. The Hall–Kier alpha value is -1.07. The van der Waals surface area contributed by atoms with E-state index in [0.717, 1.165) is 41.7 Å². The Morgan fingerprint density at radius 2 is 2.37 bits per heavy atom. The van der Waals surface area contributed by atoms with Crippen molar-refractivity contribution in [2.45, 2.75) is 19.4 Å². The number of benzene rings is 1. The fourth-order valence-corrected chi connectivity index (χ4v) is 3.18. The number of anilines is 1. The highest BCUT2D eigenvalue weighted by Crippen LogP contribution is 2.30. The minimum absolute atomic E-state index is 0.0726. The largest absolute Gasteiger partial charge is 0.370 e. The molecule has 1 aliphatic rings. The molecule has 1 saturated heterocycles. The maximum Gasteiger partial charge on any atom is 0.224 e. The van der Waals surface area contributed by atoms with E-state index in [4.69, 9.17) is 5.73 Å². The molecule has 4 nitrogen and oxygen atoms in total. The van der Waals surface area contributed by atoms with Gasteiger partial charge >= 0.3 is 0 Å².